The first kappa shape index (κ1) is 13.0. The molecule has 1 atom stereocenters. The van der Waals surface area contributed by atoms with Crippen LogP contribution in [0.3, 0.4) is 0 Å². The number of morpholine rings is 1. The molecule has 0 aromatic carbocycles. The third-order valence-corrected chi connectivity index (χ3v) is 2.81. The van der Waals surface area contributed by atoms with Crippen LogP contribution in [0.4, 0.5) is 5.82 Å². The Morgan fingerprint density at radius 1 is 1.56 bits per heavy atom. The van der Waals surface area contributed by atoms with Crippen LogP contribution in [0.5, 0.6) is 5.88 Å². The van der Waals surface area contributed by atoms with Crippen LogP contribution in [0.25, 0.3) is 0 Å². The zero-order valence-electron chi connectivity index (χ0n) is 10.7. The Kier molecular flexibility index (Phi) is 4.72. The van der Waals surface area contributed by atoms with Gasteiger partial charge in [0.1, 0.15) is 12.1 Å². The highest BCUT2D eigenvalue weighted by Crippen LogP contribution is 2.18. The van der Waals surface area contributed by atoms with E-state index in [0.717, 1.165) is 25.3 Å². The van der Waals surface area contributed by atoms with Crippen molar-refractivity contribution >= 4 is 5.82 Å². The van der Waals surface area contributed by atoms with E-state index in [4.69, 9.17) is 15.2 Å². The fourth-order valence-corrected chi connectivity index (χ4v) is 1.86. The van der Waals surface area contributed by atoms with Gasteiger partial charge < -0.3 is 20.1 Å². The second-order valence-electron chi connectivity index (χ2n) is 4.24. The molecule has 0 bridgehead atoms. The second kappa shape index (κ2) is 6.51. The van der Waals surface area contributed by atoms with Gasteiger partial charge >= 0.3 is 0 Å². The molecule has 0 aliphatic carbocycles. The zero-order chi connectivity index (χ0) is 12.8. The minimum absolute atomic E-state index is 0.0775. The summed E-state index contributed by atoms with van der Waals surface area (Å²) in [4.78, 5) is 10.5. The predicted molar refractivity (Wildman–Crippen MR) is 68.8 cm³/mol. The van der Waals surface area contributed by atoms with Crippen LogP contribution in [0.2, 0.25) is 0 Å². The van der Waals surface area contributed by atoms with Crippen LogP contribution in [-0.4, -0.2) is 48.9 Å². The van der Waals surface area contributed by atoms with Crippen molar-refractivity contribution in [2.75, 3.05) is 37.7 Å². The predicted octanol–water partition coefficient (Wildman–Crippen LogP) is 0.429. The Hall–Kier alpha value is -1.40. The summed E-state index contributed by atoms with van der Waals surface area (Å²) in [5.74, 6) is 1.50. The molecule has 0 spiro atoms. The van der Waals surface area contributed by atoms with Gasteiger partial charge in [0.25, 0.3) is 0 Å². The molecule has 0 amide bonds. The van der Waals surface area contributed by atoms with Gasteiger partial charge in [-0.05, 0) is 6.42 Å². The maximum atomic E-state index is 5.63. The standard InChI is InChI=1S/C12H20N4O2/c1-2-4-18-12-6-11(14-9-15-12)16-3-5-17-10(7-13)8-16/h6,9-10H,2-5,7-8,13H2,1H3. The summed E-state index contributed by atoms with van der Waals surface area (Å²) in [6, 6.07) is 1.87. The molecular formula is C12H20N4O2. The van der Waals surface area contributed by atoms with Crippen molar-refractivity contribution in [1.29, 1.82) is 0 Å². The van der Waals surface area contributed by atoms with E-state index in [9.17, 15) is 0 Å². The molecule has 1 aliphatic heterocycles. The monoisotopic (exact) mass is 252 g/mol. The fraction of sp³-hybridized carbons (Fsp3) is 0.667. The first-order chi connectivity index (χ1) is 8.83. The molecule has 1 fully saturated rings. The number of hydrogen-bond acceptors (Lipinski definition) is 6. The average molecular weight is 252 g/mol. The number of anilines is 1. The molecule has 2 rings (SSSR count). The quantitative estimate of drug-likeness (QED) is 0.819. The van der Waals surface area contributed by atoms with E-state index in [-0.39, 0.29) is 6.10 Å². The molecule has 1 saturated heterocycles. The third kappa shape index (κ3) is 3.30. The van der Waals surface area contributed by atoms with Crippen molar-refractivity contribution in [2.24, 2.45) is 5.73 Å². The number of hydrogen-bond donors (Lipinski definition) is 1. The van der Waals surface area contributed by atoms with Gasteiger partial charge in [0.2, 0.25) is 5.88 Å². The smallest absolute Gasteiger partial charge is 0.218 e. The lowest BCUT2D eigenvalue weighted by molar-refractivity contribution is 0.0462. The highest BCUT2D eigenvalue weighted by Gasteiger charge is 2.20. The topological polar surface area (TPSA) is 73.5 Å². The fourth-order valence-electron chi connectivity index (χ4n) is 1.86. The van der Waals surface area contributed by atoms with Crippen LogP contribution in [0.15, 0.2) is 12.4 Å². The maximum Gasteiger partial charge on any atom is 0.218 e. The number of nitrogens with two attached hydrogens (primary N) is 1. The van der Waals surface area contributed by atoms with E-state index < -0.39 is 0 Å². The van der Waals surface area contributed by atoms with Crippen molar-refractivity contribution in [3.63, 3.8) is 0 Å². The molecule has 2 heterocycles. The molecule has 1 unspecified atom stereocenters. The van der Waals surface area contributed by atoms with Crippen molar-refractivity contribution in [3.05, 3.63) is 12.4 Å². The van der Waals surface area contributed by atoms with Crippen LogP contribution < -0.4 is 15.4 Å². The first-order valence-electron chi connectivity index (χ1n) is 6.35. The summed E-state index contributed by atoms with van der Waals surface area (Å²) in [6.07, 6.45) is 2.58. The molecular weight excluding hydrogens is 232 g/mol. The van der Waals surface area contributed by atoms with E-state index in [1.54, 1.807) is 0 Å². The number of nitrogens with zero attached hydrogens (tertiary/aromatic N) is 3. The van der Waals surface area contributed by atoms with Gasteiger partial charge in [0, 0.05) is 25.7 Å². The van der Waals surface area contributed by atoms with E-state index in [1.165, 1.54) is 6.33 Å². The van der Waals surface area contributed by atoms with Gasteiger partial charge in [0.15, 0.2) is 0 Å². The lowest BCUT2D eigenvalue weighted by Gasteiger charge is -2.33. The number of ether oxygens (including phenoxy) is 2. The Balaban J connectivity index is 2.02. The van der Waals surface area contributed by atoms with E-state index in [1.807, 2.05) is 6.07 Å². The highest BCUT2D eigenvalue weighted by molar-refractivity contribution is 5.41. The summed E-state index contributed by atoms with van der Waals surface area (Å²) in [7, 11) is 0. The summed E-state index contributed by atoms with van der Waals surface area (Å²) >= 11 is 0. The summed E-state index contributed by atoms with van der Waals surface area (Å²) < 4.78 is 11.0. The van der Waals surface area contributed by atoms with E-state index >= 15 is 0 Å². The van der Waals surface area contributed by atoms with Crippen LogP contribution in [0.1, 0.15) is 13.3 Å². The van der Waals surface area contributed by atoms with Gasteiger partial charge in [-0.15, -0.1) is 0 Å². The second-order valence-corrected chi connectivity index (χ2v) is 4.24. The Labute approximate surface area is 107 Å². The minimum Gasteiger partial charge on any atom is -0.478 e. The van der Waals surface area contributed by atoms with Crippen molar-refractivity contribution < 1.29 is 9.47 Å². The molecule has 1 aromatic rings. The van der Waals surface area contributed by atoms with Gasteiger partial charge in [-0.1, -0.05) is 6.92 Å². The van der Waals surface area contributed by atoms with Gasteiger partial charge in [-0.3, -0.25) is 0 Å². The lowest BCUT2D eigenvalue weighted by Crippen LogP contribution is -2.46. The maximum absolute atomic E-state index is 5.63. The molecule has 18 heavy (non-hydrogen) atoms. The summed E-state index contributed by atoms with van der Waals surface area (Å²) in [5.41, 5.74) is 5.63. The average Bonchev–Trinajstić information content (AvgIpc) is 2.45. The number of aromatic nitrogens is 2. The molecule has 100 valence electrons. The molecule has 0 saturated carbocycles. The zero-order valence-corrected chi connectivity index (χ0v) is 10.7. The van der Waals surface area contributed by atoms with Gasteiger partial charge in [0.05, 0.1) is 19.3 Å². The SMILES string of the molecule is CCCOc1cc(N2CCOC(CN)C2)ncn1. The molecule has 6 heteroatoms. The van der Waals surface area contributed by atoms with Gasteiger partial charge in [-0.2, -0.15) is 0 Å². The third-order valence-electron chi connectivity index (χ3n) is 2.81. The van der Waals surface area contributed by atoms with Crippen molar-refractivity contribution in [2.45, 2.75) is 19.4 Å². The highest BCUT2D eigenvalue weighted by atomic mass is 16.5. The summed E-state index contributed by atoms with van der Waals surface area (Å²) in [6.45, 7) is 5.53. The largest absolute Gasteiger partial charge is 0.478 e. The Bertz CT molecular complexity index is 375. The normalized spacial score (nSPS) is 19.9. The van der Waals surface area contributed by atoms with Crippen molar-refractivity contribution in [1.82, 2.24) is 9.97 Å². The van der Waals surface area contributed by atoms with Crippen LogP contribution in [-0.2, 0) is 4.74 Å². The van der Waals surface area contributed by atoms with Crippen molar-refractivity contribution in [3.8, 4) is 5.88 Å². The summed E-state index contributed by atoms with van der Waals surface area (Å²) in [5, 5.41) is 0. The lowest BCUT2D eigenvalue weighted by atomic mass is 10.2. The van der Waals surface area contributed by atoms with E-state index in [2.05, 4.69) is 21.8 Å². The van der Waals surface area contributed by atoms with Gasteiger partial charge in [-0.25, -0.2) is 9.97 Å². The molecule has 1 aliphatic rings. The molecule has 1 aromatic heterocycles. The number of rotatable bonds is 5. The molecule has 2 N–H and O–H groups in total. The van der Waals surface area contributed by atoms with Crippen LogP contribution >= 0.6 is 0 Å². The molecule has 6 nitrogen and oxygen atoms in total. The first-order valence-corrected chi connectivity index (χ1v) is 6.35. The Morgan fingerprint density at radius 3 is 3.22 bits per heavy atom. The molecule has 0 radical (unpaired) electrons. The minimum atomic E-state index is 0.0775. The Morgan fingerprint density at radius 2 is 2.44 bits per heavy atom. The van der Waals surface area contributed by atoms with Crippen LogP contribution in [0, 0.1) is 0 Å². The van der Waals surface area contributed by atoms with E-state index in [0.29, 0.717) is 25.6 Å².